The molecule has 2 atom stereocenters. The van der Waals surface area contributed by atoms with Crippen LogP contribution >= 0.6 is 11.6 Å². The topological polar surface area (TPSA) is 77.8 Å². The number of halogens is 1. The van der Waals surface area contributed by atoms with Crippen LogP contribution < -0.4 is 0 Å². The minimum Gasteiger partial charge on any atom is -0.479 e. The maximum atomic E-state index is 10.5. The average Bonchev–Trinajstić information content (AvgIpc) is 2.00. The number of aliphatic hydroxyl groups excluding tert-OH is 1. The summed E-state index contributed by atoms with van der Waals surface area (Å²) < 4.78 is 0. The monoisotopic (exact) mass is 190 g/mol. The highest BCUT2D eigenvalue weighted by Gasteiger charge is 2.44. The number of rotatable bonds is 1. The Balaban J connectivity index is 3.03. The number of carboxylic acid groups (broad SMARTS) is 1. The Bertz CT molecular complexity index is 271. The van der Waals surface area contributed by atoms with Crippen molar-refractivity contribution in [1.82, 2.24) is 0 Å². The standard InChI is InChI=1S/C7H7ClO4/c8-4-2-1-3-7(12,5(4)9)6(10)11/h1-3,5,9,12H,(H,10,11). The van der Waals surface area contributed by atoms with Crippen molar-refractivity contribution in [3.05, 3.63) is 23.3 Å². The highest BCUT2D eigenvalue weighted by Crippen LogP contribution is 2.26. The summed E-state index contributed by atoms with van der Waals surface area (Å²) in [6.45, 7) is 0. The number of carbonyl (C=O) groups is 1. The minimum atomic E-state index is -2.30. The first kappa shape index (κ1) is 9.25. The van der Waals surface area contributed by atoms with Crippen molar-refractivity contribution in [3.8, 4) is 0 Å². The van der Waals surface area contributed by atoms with Gasteiger partial charge in [-0.3, -0.25) is 0 Å². The summed E-state index contributed by atoms with van der Waals surface area (Å²) >= 11 is 5.43. The molecule has 0 aromatic carbocycles. The zero-order valence-electron chi connectivity index (χ0n) is 5.94. The molecule has 0 aromatic heterocycles. The Hall–Kier alpha value is -0.840. The van der Waals surface area contributed by atoms with E-state index in [9.17, 15) is 15.0 Å². The average molecular weight is 191 g/mol. The van der Waals surface area contributed by atoms with E-state index in [0.29, 0.717) is 0 Å². The molecule has 0 aromatic rings. The van der Waals surface area contributed by atoms with E-state index in [1.165, 1.54) is 12.2 Å². The third-order valence-corrected chi connectivity index (χ3v) is 1.96. The van der Waals surface area contributed by atoms with E-state index < -0.39 is 17.7 Å². The number of hydrogen-bond donors (Lipinski definition) is 3. The maximum Gasteiger partial charge on any atom is 0.342 e. The minimum absolute atomic E-state index is 0.0950. The fourth-order valence-electron chi connectivity index (χ4n) is 0.867. The van der Waals surface area contributed by atoms with Crippen molar-refractivity contribution in [2.45, 2.75) is 11.7 Å². The summed E-state index contributed by atoms with van der Waals surface area (Å²) in [7, 11) is 0. The first-order valence-corrected chi connectivity index (χ1v) is 3.55. The van der Waals surface area contributed by atoms with Gasteiger partial charge in [0, 0.05) is 0 Å². The summed E-state index contributed by atoms with van der Waals surface area (Å²) in [5.41, 5.74) is -2.30. The second-order valence-corrected chi connectivity index (χ2v) is 2.88. The zero-order chi connectivity index (χ0) is 9.35. The molecule has 0 fully saturated rings. The molecule has 0 amide bonds. The Morgan fingerprint density at radius 3 is 2.67 bits per heavy atom. The van der Waals surface area contributed by atoms with Gasteiger partial charge in [0.15, 0.2) is 0 Å². The van der Waals surface area contributed by atoms with Crippen LogP contribution in [0.1, 0.15) is 0 Å². The largest absolute Gasteiger partial charge is 0.479 e. The molecule has 12 heavy (non-hydrogen) atoms. The number of carboxylic acids is 1. The Morgan fingerprint density at radius 1 is 1.67 bits per heavy atom. The quantitative estimate of drug-likeness (QED) is 0.538. The van der Waals surface area contributed by atoms with Crippen LogP contribution in [0.15, 0.2) is 23.3 Å². The van der Waals surface area contributed by atoms with Crippen molar-refractivity contribution >= 4 is 17.6 Å². The van der Waals surface area contributed by atoms with Crippen LogP contribution in [0.2, 0.25) is 0 Å². The van der Waals surface area contributed by atoms with Crippen LogP contribution in [0.5, 0.6) is 0 Å². The maximum absolute atomic E-state index is 10.5. The van der Waals surface area contributed by atoms with E-state index >= 15 is 0 Å². The van der Waals surface area contributed by atoms with Crippen molar-refractivity contribution in [3.63, 3.8) is 0 Å². The fraction of sp³-hybridized carbons (Fsp3) is 0.286. The third-order valence-electron chi connectivity index (χ3n) is 1.63. The molecular weight excluding hydrogens is 184 g/mol. The number of aliphatic hydroxyl groups is 2. The summed E-state index contributed by atoms with van der Waals surface area (Å²) in [6.07, 6.45) is 1.99. The molecular formula is C7H7ClO4. The lowest BCUT2D eigenvalue weighted by Crippen LogP contribution is -2.49. The zero-order valence-corrected chi connectivity index (χ0v) is 6.69. The van der Waals surface area contributed by atoms with Crippen LogP contribution in [-0.2, 0) is 4.79 Å². The summed E-state index contributed by atoms with van der Waals surface area (Å²) in [5.74, 6) is -1.53. The predicted molar refractivity (Wildman–Crippen MR) is 41.7 cm³/mol. The lowest BCUT2D eigenvalue weighted by molar-refractivity contribution is -0.160. The molecule has 0 saturated heterocycles. The normalized spacial score (nSPS) is 34.6. The van der Waals surface area contributed by atoms with E-state index in [1.807, 2.05) is 0 Å². The smallest absolute Gasteiger partial charge is 0.342 e. The van der Waals surface area contributed by atoms with Gasteiger partial charge in [-0.05, 0) is 12.2 Å². The van der Waals surface area contributed by atoms with Gasteiger partial charge < -0.3 is 15.3 Å². The molecule has 0 saturated carbocycles. The molecule has 5 heteroatoms. The number of hydrogen-bond acceptors (Lipinski definition) is 3. The molecule has 0 heterocycles. The first-order chi connectivity index (χ1) is 5.48. The molecule has 1 rings (SSSR count). The Labute approximate surface area is 73.4 Å². The molecule has 66 valence electrons. The van der Waals surface area contributed by atoms with E-state index in [-0.39, 0.29) is 5.03 Å². The van der Waals surface area contributed by atoms with Crippen LogP contribution in [0.25, 0.3) is 0 Å². The second kappa shape index (κ2) is 2.90. The molecule has 0 spiro atoms. The van der Waals surface area contributed by atoms with E-state index in [0.717, 1.165) is 6.08 Å². The number of allylic oxidation sites excluding steroid dienone is 2. The van der Waals surface area contributed by atoms with Gasteiger partial charge in [0.05, 0.1) is 5.03 Å². The van der Waals surface area contributed by atoms with Crippen LogP contribution in [0.4, 0.5) is 0 Å². The fourth-order valence-corrected chi connectivity index (χ4v) is 1.11. The van der Waals surface area contributed by atoms with E-state index in [2.05, 4.69) is 0 Å². The molecule has 2 unspecified atom stereocenters. The molecule has 0 aliphatic heterocycles. The molecule has 0 radical (unpaired) electrons. The summed E-state index contributed by atoms with van der Waals surface area (Å²) in [5, 5.41) is 27.0. The van der Waals surface area contributed by atoms with Gasteiger partial charge in [0.2, 0.25) is 5.60 Å². The number of aliphatic carboxylic acids is 1. The molecule has 1 aliphatic rings. The van der Waals surface area contributed by atoms with Crippen molar-refractivity contribution in [2.24, 2.45) is 0 Å². The second-order valence-electron chi connectivity index (χ2n) is 2.44. The summed E-state index contributed by atoms with van der Waals surface area (Å²) in [6, 6.07) is 0. The highest BCUT2D eigenvalue weighted by atomic mass is 35.5. The summed E-state index contributed by atoms with van der Waals surface area (Å²) in [4.78, 5) is 10.5. The lowest BCUT2D eigenvalue weighted by atomic mass is 9.92. The molecule has 0 bridgehead atoms. The van der Waals surface area contributed by atoms with Gasteiger partial charge in [-0.15, -0.1) is 0 Å². The van der Waals surface area contributed by atoms with Gasteiger partial charge >= 0.3 is 5.97 Å². The predicted octanol–water partition coefficient (Wildman–Crippen LogP) is -0.144. The Kier molecular flexibility index (Phi) is 2.23. The SMILES string of the molecule is O=C(O)C1(O)C=CC=C(Cl)C1O. The van der Waals surface area contributed by atoms with Crippen molar-refractivity contribution in [1.29, 1.82) is 0 Å². The lowest BCUT2D eigenvalue weighted by Gasteiger charge is -2.27. The van der Waals surface area contributed by atoms with Gasteiger partial charge in [0.25, 0.3) is 0 Å². The molecule has 3 N–H and O–H groups in total. The van der Waals surface area contributed by atoms with Gasteiger partial charge in [-0.2, -0.15) is 0 Å². The first-order valence-electron chi connectivity index (χ1n) is 3.17. The molecule has 1 aliphatic carbocycles. The Morgan fingerprint density at radius 2 is 2.25 bits per heavy atom. The van der Waals surface area contributed by atoms with Crippen molar-refractivity contribution in [2.75, 3.05) is 0 Å². The van der Waals surface area contributed by atoms with Crippen LogP contribution in [0, 0.1) is 0 Å². The van der Waals surface area contributed by atoms with E-state index in [4.69, 9.17) is 16.7 Å². The van der Waals surface area contributed by atoms with E-state index in [1.54, 1.807) is 0 Å². The van der Waals surface area contributed by atoms with Gasteiger partial charge in [0.1, 0.15) is 6.10 Å². The molecule has 4 nitrogen and oxygen atoms in total. The van der Waals surface area contributed by atoms with Crippen LogP contribution in [-0.4, -0.2) is 33.0 Å². The van der Waals surface area contributed by atoms with Gasteiger partial charge in [-0.25, -0.2) is 4.79 Å². The third kappa shape index (κ3) is 1.24. The van der Waals surface area contributed by atoms with Crippen molar-refractivity contribution < 1.29 is 20.1 Å². The highest BCUT2D eigenvalue weighted by molar-refractivity contribution is 6.30. The van der Waals surface area contributed by atoms with Crippen LogP contribution in [0.3, 0.4) is 0 Å². The van der Waals surface area contributed by atoms with Gasteiger partial charge in [-0.1, -0.05) is 17.7 Å².